The Labute approximate surface area is 240 Å². The fourth-order valence-corrected chi connectivity index (χ4v) is 8.41. The lowest BCUT2D eigenvalue weighted by Crippen LogP contribution is -2.55. The van der Waals surface area contributed by atoms with E-state index in [9.17, 15) is 13.2 Å². The van der Waals surface area contributed by atoms with E-state index < -0.39 is 10.0 Å². The molecule has 2 fully saturated rings. The number of methoxy groups -OCH3 is 1. The van der Waals surface area contributed by atoms with E-state index in [1.165, 1.54) is 5.56 Å². The largest absolute Gasteiger partial charge is 0.497 e. The van der Waals surface area contributed by atoms with E-state index in [4.69, 9.17) is 9.47 Å². The van der Waals surface area contributed by atoms with Crippen LogP contribution in [0.25, 0.3) is 0 Å². The Morgan fingerprint density at radius 1 is 1.02 bits per heavy atom. The van der Waals surface area contributed by atoms with E-state index in [1.54, 1.807) is 37.4 Å². The maximum Gasteiger partial charge on any atom is 0.248 e. The summed E-state index contributed by atoms with van der Waals surface area (Å²) in [6, 6.07) is 13.8. The van der Waals surface area contributed by atoms with Gasteiger partial charge in [-0.3, -0.25) is 4.79 Å². The van der Waals surface area contributed by atoms with Crippen LogP contribution in [0.1, 0.15) is 48.8 Å². The van der Waals surface area contributed by atoms with Gasteiger partial charge >= 0.3 is 0 Å². The summed E-state index contributed by atoms with van der Waals surface area (Å²) in [5.41, 5.74) is 2.67. The van der Waals surface area contributed by atoms with Crippen molar-refractivity contribution in [2.45, 2.75) is 68.8 Å². The van der Waals surface area contributed by atoms with Gasteiger partial charge < -0.3 is 19.3 Å². The van der Waals surface area contributed by atoms with Crippen molar-refractivity contribution in [3.05, 3.63) is 59.2 Å². The van der Waals surface area contributed by atoms with Crippen molar-refractivity contribution in [1.29, 1.82) is 0 Å². The summed E-state index contributed by atoms with van der Waals surface area (Å²) in [7, 11) is 2.12. The van der Waals surface area contributed by atoms with Crippen molar-refractivity contribution in [2.75, 3.05) is 54.1 Å². The van der Waals surface area contributed by atoms with Gasteiger partial charge in [-0.15, -0.1) is 0 Å². The Hall–Kier alpha value is -2.46. The molecular formula is C31H45N3O5S. The summed E-state index contributed by atoms with van der Waals surface area (Å²) < 4.78 is 40.4. The summed E-state index contributed by atoms with van der Waals surface area (Å²) in [5, 5.41) is 0. The number of benzene rings is 2. The first-order chi connectivity index (χ1) is 19.1. The van der Waals surface area contributed by atoms with Crippen LogP contribution in [-0.4, -0.2) is 94.1 Å². The topological polar surface area (TPSA) is 79.4 Å². The highest BCUT2D eigenvalue weighted by Crippen LogP contribution is 2.33. The number of carbonyl (C=O) groups excluding carboxylic acids is 1. The van der Waals surface area contributed by atoms with Crippen LogP contribution in [0.3, 0.4) is 0 Å². The average Bonchev–Trinajstić information content (AvgIpc) is 2.93. The van der Waals surface area contributed by atoms with Crippen LogP contribution >= 0.6 is 0 Å². The summed E-state index contributed by atoms with van der Waals surface area (Å²) in [5.74, 6) is 0.616. The lowest BCUT2D eigenvalue weighted by molar-refractivity contribution is -0.139. The number of ether oxygens (including phenoxy) is 2. The third kappa shape index (κ3) is 6.70. The van der Waals surface area contributed by atoms with Gasteiger partial charge in [-0.2, -0.15) is 4.31 Å². The second-order valence-corrected chi connectivity index (χ2v) is 13.4. The number of hydrogen-bond donors (Lipinski definition) is 0. The van der Waals surface area contributed by atoms with Gasteiger partial charge in [-0.25, -0.2) is 8.42 Å². The molecule has 40 heavy (non-hydrogen) atoms. The maximum atomic E-state index is 13.8. The predicted molar refractivity (Wildman–Crippen MR) is 157 cm³/mol. The molecule has 2 aliphatic rings. The number of rotatable bonds is 10. The van der Waals surface area contributed by atoms with Crippen LogP contribution in [0.2, 0.25) is 0 Å². The lowest BCUT2D eigenvalue weighted by Gasteiger charge is -2.46. The molecular weight excluding hydrogens is 526 g/mol. The number of likely N-dealkylation sites (tertiary alicyclic amines) is 1. The van der Waals surface area contributed by atoms with E-state index >= 15 is 0 Å². The van der Waals surface area contributed by atoms with Crippen LogP contribution in [-0.2, 0) is 26.0 Å². The number of carbonyl (C=O) groups is 1. The quantitative estimate of drug-likeness (QED) is 0.429. The molecule has 9 heteroatoms. The first-order valence-electron chi connectivity index (χ1n) is 14.3. The number of likely N-dealkylation sites (N-methyl/N-ethyl adjacent to an activating group) is 1. The Balaban J connectivity index is 1.34. The van der Waals surface area contributed by atoms with Crippen LogP contribution in [0.4, 0.5) is 0 Å². The smallest absolute Gasteiger partial charge is 0.248 e. The molecule has 0 aromatic heterocycles. The highest BCUT2D eigenvalue weighted by molar-refractivity contribution is 7.89. The number of amides is 1. The number of nitrogens with zero attached hydrogens (tertiary/aromatic N) is 3. The average molecular weight is 572 g/mol. The van der Waals surface area contributed by atoms with Gasteiger partial charge in [0.15, 0.2) is 0 Å². The minimum absolute atomic E-state index is 0.0215. The third-order valence-corrected chi connectivity index (χ3v) is 11.0. The Morgan fingerprint density at radius 3 is 2.27 bits per heavy atom. The molecule has 8 nitrogen and oxygen atoms in total. The molecule has 0 aliphatic carbocycles. The second kappa shape index (κ2) is 13.0. The van der Waals surface area contributed by atoms with E-state index in [0.717, 1.165) is 38.5 Å². The van der Waals surface area contributed by atoms with E-state index in [1.807, 2.05) is 11.0 Å². The van der Waals surface area contributed by atoms with Gasteiger partial charge in [-0.1, -0.05) is 36.8 Å². The van der Waals surface area contributed by atoms with E-state index in [-0.39, 0.29) is 30.7 Å². The monoisotopic (exact) mass is 571 g/mol. The Kier molecular flexibility index (Phi) is 9.93. The van der Waals surface area contributed by atoms with E-state index in [2.05, 4.69) is 43.3 Å². The van der Waals surface area contributed by atoms with Crippen LogP contribution in [0.15, 0.2) is 47.4 Å². The zero-order chi connectivity index (χ0) is 28.9. The minimum atomic E-state index is -3.72. The number of aryl methyl sites for hydroxylation is 2. The molecule has 1 unspecified atom stereocenters. The zero-order valence-electron chi connectivity index (χ0n) is 24.7. The molecule has 2 aromatic carbocycles. The van der Waals surface area contributed by atoms with Crippen molar-refractivity contribution in [2.24, 2.45) is 0 Å². The molecule has 0 radical (unpaired) electrons. The molecule has 220 valence electrons. The molecule has 0 spiro atoms. The van der Waals surface area contributed by atoms with Crippen molar-refractivity contribution in [1.82, 2.24) is 14.1 Å². The van der Waals surface area contributed by atoms with Crippen LogP contribution in [0, 0.1) is 13.8 Å². The first kappa shape index (κ1) is 30.5. The van der Waals surface area contributed by atoms with Crippen molar-refractivity contribution in [3.63, 3.8) is 0 Å². The van der Waals surface area contributed by atoms with Gasteiger partial charge in [0.1, 0.15) is 12.4 Å². The fourth-order valence-electron chi connectivity index (χ4n) is 6.31. The van der Waals surface area contributed by atoms with Gasteiger partial charge in [0.25, 0.3) is 0 Å². The first-order valence-corrected chi connectivity index (χ1v) is 15.8. The molecule has 0 N–H and O–H groups in total. The molecule has 0 saturated carbocycles. The number of piperidine rings is 2. The van der Waals surface area contributed by atoms with Crippen molar-refractivity contribution >= 4 is 15.9 Å². The van der Waals surface area contributed by atoms with Crippen LogP contribution < -0.4 is 4.74 Å². The van der Waals surface area contributed by atoms with Crippen molar-refractivity contribution in [3.8, 4) is 5.75 Å². The summed E-state index contributed by atoms with van der Waals surface area (Å²) in [6.07, 6.45) is 5.22. The van der Waals surface area contributed by atoms with Gasteiger partial charge in [0.05, 0.1) is 18.6 Å². The summed E-state index contributed by atoms with van der Waals surface area (Å²) >= 11 is 0. The lowest BCUT2D eigenvalue weighted by atomic mass is 9.80. The van der Waals surface area contributed by atoms with Gasteiger partial charge in [0.2, 0.25) is 15.9 Å². The molecule has 2 saturated heterocycles. The van der Waals surface area contributed by atoms with Gasteiger partial charge in [-0.05, 0) is 88.9 Å². The SMILES string of the molecule is COc1cc(C)c(S(=O)(=O)N2CCCCC2COCC(=O)N2CCC(Cc3ccccc3)(N(C)C)CC2)c(C)c1. The standard InChI is InChI=1S/C31H45N3O5S/c1-24-19-28(38-5)20-25(2)30(24)40(36,37)34-16-10-9-13-27(34)22-39-23-29(35)33-17-14-31(15-18-33,32(3)4)21-26-11-7-6-8-12-26/h6-8,11-12,19-20,27H,9-10,13-18,21-23H2,1-5H3. The maximum absolute atomic E-state index is 13.8. The normalized spacial score (nSPS) is 20.1. The van der Waals surface area contributed by atoms with Crippen LogP contribution in [0.5, 0.6) is 5.75 Å². The fraction of sp³-hybridized carbons (Fsp3) is 0.581. The molecule has 2 heterocycles. The highest BCUT2D eigenvalue weighted by atomic mass is 32.2. The highest BCUT2D eigenvalue weighted by Gasteiger charge is 2.38. The van der Waals surface area contributed by atoms with Gasteiger partial charge in [0, 0.05) is 31.2 Å². The second-order valence-electron chi connectivity index (χ2n) is 11.5. The summed E-state index contributed by atoms with van der Waals surface area (Å²) in [4.78, 5) is 17.6. The predicted octanol–water partition coefficient (Wildman–Crippen LogP) is 4.04. The molecule has 4 rings (SSSR count). The molecule has 2 aliphatic heterocycles. The number of hydrogen-bond acceptors (Lipinski definition) is 6. The number of sulfonamides is 1. The molecule has 1 amide bonds. The molecule has 2 aromatic rings. The minimum Gasteiger partial charge on any atom is -0.497 e. The molecule has 0 bridgehead atoms. The van der Waals surface area contributed by atoms with E-state index in [0.29, 0.717) is 41.4 Å². The van der Waals surface area contributed by atoms with Crippen molar-refractivity contribution < 1.29 is 22.7 Å². The Morgan fingerprint density at radius 2 is 1.68 bits per heavy atom. The zero-order valence-corrected chi connectivity index (χ0v) is 25.5. The Bertz CT molecular complexity index is 1230. The molecule has 1 atom stereocenters. The third-order valence-electron chi connectivity index (χ3n) is 8.72. The summed E-state index contributed by atoms with van der Waals surface area (Å²) in [6.45, 7) is 5.62.